The standard InChI is InChI=1S/C11H18ClN3/c1-11(2,3)8-15(4)10-6-5-9(7-12)13-14-10/h5-6H,7-8H2,1-4H3. The lowest BCUT2D eigenvalue weighted by Crippen LogP contribution is -2.29. The molecule has 1 heterocycles. The molecule has 84 valence electrons. The van der Waals surface area contributed by atoms with Gasteiger partial charge in [-0.3, -0.25) is 0 Å². The van der Waals surface area contributed by atoms with Crippen LogP contribution < -0.4 is 4.90 Å². The summed E-state index contributed by atoms with van der Waals surface area (Å²) in [5.74, 6) is 1.30. The molecule has 0 saturated heterocycles. The topological polar surface area (TPSA) is 29.0 Å². The van der Waals surface area contributed by atoms with Crippen LogP contribution in [0.3, 0.4) is 0 Å². The normalized spacial score (nSPS) is 11.5. The Morgan fingerprint density at radius 3 is 2.33 bits per heavy atom. The minimum absolute atomic E-state index is 0.252. The molecule has 0 aliphatic carbocycles. The molecule has 3 nitrogen and oxygen atoms in total. The molecule has 0 atom stereocenters. The monoisotopic (exact) mass is 227 g/mol. The highest BCUT2D eigenvalue weighted by atomic mass is 35.5. The average Bonchev–Trinajstić information content (AvgIpc) is 2.15. The van der Waals surface area contributed by atoms with Gasteiger partial charge < -0.3 is 4.90 Å². The lowest BCUT2D eigenvalue weighted by molar-refractivity contribution is 0.417. The van der Waals surface area contributed by atoms with E-state index in [1.165, 1.54) is 0 Å². The summed E-state index contributed by atoms with van der Waals surface area (Å²) in [6, 6.07) is 3.87. The molecule has 15 heavy (non-hydrogen) atoms. The predicted molar refractivity (Wildman–Crippen MR) is 64.3 cm³/mol. The van der Waals surface area contributed by atoms with E-state index in [0.29, 0.717) is 5.88 Å². The van der Waals surface area contributed by atoms with Gasteiger partial charge in [0.25, 0.3) is 0 Å². The molecule has 0 fully saturated rings. The maximum atomic E-state index is 5.65. The van der Waals surface area contributed by atoms with E-state index in [9.17, 15) is 0 Å². The number of nitrogens with zero attached hydrogens (tertiary/aromatic N) is 3. The number of halogens is 1. The number of anilines is 1. The number of alkyl halides is 1. The lowest BCUT2D eigenvalue weighted by atomic mass is 9.96. The third kappa shape index (κ3) is 4.04. The van der Waals surface area contributed by atoms with Gasteiger partial charge in [0, 0.05) is 13.6 Å². The smallest absolute Gasteiger partial charge is 0.151 e. The highest BCUT2D eigenvalue weighted by molar-refractivity contribution is 6.16. The largest absolute Gasteiger partial charge is 0.358 e. The summed E-state index contributed by atoms with van der Waals surface area (Å²) in [7, 11) is 2.02. The van der Waals surface area contributed by atoms with Crippen LogP contribution in [0.4, 0.5) is 5.82 Å². The molecule has 0 saturated carbocycles. The third-order valence-electron chi connectivity index (χ3n) is 1.95. The van der Waals surface area contributed by atoms with Crippen molar-refractivity contribution in [2.45, 2.75) is 26.7 Å². The summed E-state index contributed by atoms with van der Waals surface area (Å²) < 4.78 is 0. The van der Waals surface area contributed by atoms with Gasteiger partial charge in [-0.25, -0.2) is 0 Å². The van der Waals surface area contributed by atoms with Crippen molar-refractivity contribution in [1.82, 2.24) is 10.2 Å². The van der Waals surface area contributed by atoms with Crippen molar-refractivity contribution in [3.8, 4) is 0 Å². The second kappa shape index (κ2) is 4.79. The van der Waals surface area contributed by atoms with Crippen LogP contribution in [0, 0.1) is 5.41 Å². The summed E-state index contributed by atoms with van der Waals surface area (Å²) >= 11 is 5.65. The number of hydrogen-bond donors (Lipinski definition) is 0. The first-order valence-corrected chi connectivity index (χ1v) is 5.55. The molecule has 0 spiro atoms. The van der Waals surface area contributed by atoms with Crippen molar-refractivity contribution in [2.75, 3.05) is 18.5 Å². The Balaban J connectivity index is 2.70. The van der Waals surface area contributed by atoms with Gasteiger partial charge in [-0.2, -0.15) is 5.10 Å². The Labute approximate surface area is 96.5 Å². The summed E-state index contributed by atoms with van der Waals surface area (Å²) in [6.07, 6.45) is 0. The van der Waals surface area contributed by atoms with Gasteiger partial charge in [0.15, 0.2) is 5.82 Å². The molecule has 0 unspecified atom stereocenters. The maximum absolute atomic E-state index is 5.65. The first-order valence-electron chi connectivity index (χ1n) is 5.02. The van der Waals surface area contributed by atoms with Gasteiger partial charge in [0.1, 0.15) is 0 Å². The first-order chi connectivity index (χ1) is 6.92. The van der Waals surface area contributed by atoms with Gasteiger partial charge in [-0.15, -0.1) is 16.7 Å². The highest BCUT2D eigenvalue weighted by Gasteiger charge is 2.14. The van der Waals surface area contributed by atoms with Crippen molar-refractivity contribution < 1.29 is 0 Å². The molecule has 1 aromatic heterocycles. The lowest BCUT2D eigenvalue weighted by Gasteiger charge is -2.26. The number of aromatic nitrogens is 2. The predicted octanol–water partition coefficient (Wildman–Crippen LogP) is 2.70. The minimum Gasteiger partial charge on any atom is -0.358 e. The summed E-state index contributed by atoms with van der Waals surface area (Å²) in [4.78, 5) is 2.10. The van der Waals surface area contributed by atoms with Crippen LogP contribution in [-0.2, 0) is 5.88 Å². The Kier molecular flexibility index (Phi) is 3.91. The molecule has 0 N–H and O–H groups in total. The van der Waals surface area contributed by atoms with Crippen molar-refractivity contribution in [1.29, 1.82) is 0 Å². The molecule has 1 aromatic rings. The molecule has 0 aliphatic heterocycles. The molecular formula is C11H18ClN3. The van der Waals surface area contributed by atoms with E-state index in [1.807, 2.05) is 19.2 Å². The fourth-order valence-electron chi connectivity index (χ4n) is 1.42. The van der Waals surface area contributed by atoms with Gasteiger partial charge >= 0.3 is 0 Å². The van der Waals surface area contributed by atoms with Gasteiger partial charge in [-0.1, -0.05) is 20.8 Å². The van der Waals surface area contributed by atoms with Crippen LogP contribution in [0.5, 0.6) is 0 Å². The van der Waals surface area contributed by atoms with Crippen molar-refractivity contribution in [3.63, 3.8) is 0 Å². The van der Waals surface area contributed by atoms with E-state index >= 15 is 0 Å². The van der Waals surface area contributed by atoms with Crippen molar-refractivity contribution >= 4 is 17.4 Å². The Hall–Kier alpha value is -0.830. The van der Waals surface area contributed by atoms with E-state index in [0.717, 1.165) is 18.1 Å². The van der Waals surface area contributed by atoms with Gasteiger partial charge in [0.05, 0.1) is 11.6 Å². The minimum atomic E-state index is 0.252. The quantitative estimate of drug-likeness (QED) is 0.744. The molecule has 0 amide bonds. The van der Waals surface area contributed by atoms with Crippen LogP contribution in [0.25, 0.3) is 0 Å². The Morgan fingerprint density at radius 1 is 1.27 bits per heavy atom. The molecule has 0 aliphatic rings. The number of rotatable bonds is 3. The second-order valence-electron chi connectivity index (χ2n) is 4.93. The number of hydrogen-bond acceptors (Lipinski definition) is 3. The molecule has 0 radical (unpaired) electrons. The van der Waals surface area contributed by atoms with Crippen LogP contribution in [-0.4, -0.2) is 23.8 Å². The van der Waals surface area contributed by atoms with Crippen LogP contribution >= 0.6 is 11.6 Å². The summed E-state index contributed by atoms with van der Waals surface area (Å²) in [5, 5.41) is 8.15. The first kappa shape index (κ1) is 12.2. The zero-order valence-electron chi connectivity index (χ0n) is 9.79. The van der Waals surface area contributed by atoms with E-state index in [2.05, 4.69) is 35.9 Å². The van der Waals surface area contributed by atoms with Crippen molar-refractivity contribution in [3.05, 3.63) is 17.8 Å². The fraction of sp³-hybridized carbons (Fsp3) is 0.636. The van der Waals surface area contributed by atoms with E-state index in [4.69, 9.17) is 11.6 Å². The summed E-state index contributed by atoms with van der Waals surface area (Å²) in [5.41, 5.74) is 1.06. The molecule has 4 heteroatoms. The Morgan fingerprint density at radius 2 is 1.93 bits per heavy atom. The zero-order valence-corrected chi connectivity index (χ0v) is 10.5. The molecular weight excluding hydrogens is 210 g/mol. The van der Waals surface area contributed by atoms with E-state index in [1.54, 1.807) is 0 Å². The second-order valence-corrected chi connectivity index (χ2v) is 5.20. The molecule has 0 aromatic carbocycles. The van der Waals surface area contributed by atoms with Crippen LogP contribution in [0.15, 0.2) is 12.1 Å². The molecule has 1 rings (SSSR count). The van der Waals surface area contributed by atoms with Gasteiger partial charge in [0.2, 0.25) is 0 Å². The SMILES string of the molecule is CN(CC(C)(C)C)c1ccc(CCl)nn1. The highest BCUT2D eigenvalue weighted by Crippen LogP contribution is 2.18. The Bertz CT molecular complexity index is 303. The average molecular weight is 228 g/mol. The van der Waals surface area contributed by atoms with Gasteiger partial charge in [-0.05, 0) is 17.5 Å². The third-order valence-corrected chi connectivity index (χ3v) is 2.22. The van der Waals surface area contributed by atoms with Crippen LogP contribution in [0.2, 0.25) is 0 Å². The van der Waals surface area contributed by atoms with E-state index in [-0.39, 0.29) is 5.41 Å². The molecule has 0 bridgehead atoms. The fourth-order valence-corrected chi connectivity index (χ4v) is 1.56. The zero-order chi connectivity index (χ0) is 11.5. The summed E-state index contributed by atoms with van der Waals surface area (Å²) in [6.45, 7) is 7.54. The van der Waals surface area contributed by atoms with Crippen LogP contribution in [0.1, 0.15) is 26.5 Å². The van der Waals surface area contributed by atoms with Crippen molar-refractivity contribution in [2.24, 2.45) is 5.41 Å². The maximum Gasteiger partial charge on any atom is 0.151 e. The van der Waals surface area contributed by atoms with E-state index < -0.39 is 0 Å².